The molecule has 0 spiro atoms. The molecule has 0 aliphatic rings. The van der Waals surface area contributed by atoms with E-state index in [1.165, 1.54) is 12.8 Å². The van der Waals surface area contributed by atoms with Gasteiger partial charge in [-0.1, -0.05) is 13.8 Å². The molecule has 0 aromatic heterocycles. The van der Waals surface area contributed by atoms with Gasteiger partial charge < -0.3 is 10.6 Å². The number of hydrogen-bond donors (Lipinski definition) is 2. The van der Waals surface area contributed by atoms with Crippen molar-refractivity contribution >= 4 is 0 Å². The van der Waals surface area contributed by atoms with E-state index in [9.17, 15) is 0 Å². The Hall–Kier alpha value is -0.660. The molecule has 0 unspecified atom stereocenters. The van der Waals surface area contributed by atoms with Gasteiger partial charge in [0, 0.05) is 25.5 Å². The second-order valence-corrected chi connectivity index (χ2v) is 2.24. The van der Waals surface area contributed by atoms with Gasteiger partial charge in [-0.25, -0.2) is 0 Å². The van der Waals surface area contributed by atoms with Crippen LogP contribution >= 0.6 is 0 Å². The van der Waals surface area contributed by atoms with E-state index < -0.39 is 0 Å². The van der Waals surface area contributed by atoms with E-state index in [0.29, 0.717) is 0 Å². The average molecular weight is 142 g/mol. The summed E-state index contributed by atoms with van der Waals surface area (Å²) in [5.74, 6) is 0. The van der Waals surface area contributed by atoms with Crippen molar-refractivity contribution in [3.63, 3.8) is 0 Å². The molecule has 0 aliphatic heterocycles. The number of rotatable bonds is 6. The summed E-state index contributed by atoms with van der Waals surface area (Å²) < 4.78 is 0. The Morgan fingerprint density at radius 1 is 0.900 bits per heavy atom. The predicted octanol–water partition coefficient (Wildman–Crippen LogP) is 1.46. The molecule has 0 aromatic carbocycles. The number of hydrogen-bond acceptors (Lipinski definition) is 2. The first-order valence-corrected chi connectivity index (χ1v) is 4.03. The van der Waals surface area contributed by atoms with E-state index in [0.717, 1.165) is 13.1 Å². The molecule has 2 heteroatoms. The van der Waals surface area contributed by atoms with Crippen molar-refractivity contribution in [1.82, 2.24) is 10.6 Å². The smallest absolute Gasteiger partial charge is 0.0139 e. The minimum absolute atomic E-state index is 1.06. The largest absolute Gasteiger partial charge is 0.390 e. The molecule has 0 bridgehead atoms. The van der Waals surface area contributed by atoms with Gasteiger partial charge in [0.15, 0.2) is 0 Å². The second kappa shape index (κ2) is 8.34. The lowest BCUT2D eigenvalue weighted by Gasteiger charge is -1.97. The Labute approximate surface area is 63.7 Å². The fourth-order valence-corrected chi connectivity index (χ4v) is 0.573. The molecule has 0 rings (SSSR count). The summed E-state index contributed by atoms with van der Waals surface area (Å²) in [4.78, 5) is 0. The molecule has 2 nitrogen and oxygen atoms in total. The predicted molar refractivity (Wildman–Crippen MR) is 45.7 cm³/mol. The molecule has 0 fully saturated rings. The van der Waals surface area contributed by atoms with Crippen LogP contribution < -0.4 is 10.6 Å². The topological polar surface area (TPSA) is 24.1 Å². The third-order valence-corrected chi connectivity index (χ3v) is 1.11. The van der Waals surface area contributed by atoms with E-state index in [1.807, 2.05) is 12.4 Å². The highest BCUT2D eigenvalue weighted by Gasteiger charge is 1.73. The molecular weight excluding hydrogens is 124 g/mol. The van der Waals surface area contributed by atoms with Crippen molar-refractivity contribution < 1.29 is 0 Å². The molecule has 0 saturated heterocycles. The average Bonchev–Trinajstić information content (AvgIpc) is 1.97. The van der Waals surface area contributed by atoms with Crippen LogP contribution in [0.3, 0.4) is 0 Å². The first-order valence-electron chi connectivity index (χ1n) is 4.03. The van der Waals surface area contributed by atoms with Gasteiger partial charge in [-0.05, 0) is 12.8 Å². The molecule has 60 valence electrons. The summed E-state index contributed by atoms with van der Waals surface area (Å²) in [6, 6.07) is 0. The second-order valence-electron chi connectivity index (χ2n) is 2.24. The van der Waals surface area contributed by atoms with Gasteiger partial charge in [-0.2, -0.15) is 0 Å². The van der Waals surface area contributed by atoms with Crippen molar-refractivity contribution in [2.24, 2.45) is 0 Å². The molecule has 0 aliphatic carbocycles. The van der Waals surface area contributed by atoms with Crippen molar-refractivity contribution in [3.05, 3.63) is 12.4 Å². The fraction of sp³-hybridized carbons (Fsp3) is 0.750. The van der Waals surface area contributed by atoms with E-state index in [4.69, 9.17) is 0 Å². The van der Waals surface area contributed by atoms with E-state index in [1.54, 1.807) is 0 Å². The summed E-state index contributed by atoms with van der Waals surface area (Å²) in [6.45, 7) is 6.43. The Morgan fingerprint density at radius 2 is 1.30 bits per heavy atom. The van der Waals surface area contributed by atoms with Crippen LogP contribution in [0.4, 0.5) is 0 Å². The molecule has 0 atom stereocenters. The standard InChI is InChI=1S/C8H18N2/c1-3-5-9-7-8-10-6-4-2/h7-10H,3-6H2,1-2H3/b8-7-. The molecule has 0 heterocycles. The maximum atomic E-state index is 3.15. The normalized spacial score (nSPS) is 10.2. The first-order chi connectivity index (χ1) is 4.91. The summed E-state index contributed by atoms with van der Waals surface area (Å²) in [6.07, 6.45) is 6.27. The number of nitrogens with one attached hydrogen (secondary N) is 2. The lowest BCUT2D eigenvalue weighted by atomic mass is 10.5. The van der Waals surface area contributed by atoms with Gasteiger partial charge in [0.25, 0.3) is 0 Å². The van der Waals surface area contributed by atoms with Gasteiger partial charge in [-0.3, -0.25) is 0 Å². The Morgan fingerprint density at radius 3 is 1.60 bits per heavy atom. The Bertz CT molecular complexity index is 69.3. The molecule has 0 saturated carbocycles. The monoisotopic (exact) mass is 142 g/mol. The Balaban J connectivity index is 2.89. The van der Waals surface area contributed by atoms with Crippen LogP contribution in [0.2, 0.25) is 0 Å². The van der Waals surface area contributed by atoms with Gasteiger partial charge in [0.05, 0.1) is 0 Å². The molecule has 0 aromatic rings. The minimum Gasteiger partial charge on any atom is -0.390 e. The minimum atomic E-state index is 1.06. The zero-order chi connectivity index (χ0) is 7.66. The van der Waals surface area contributed by atoms with Crippen molar-refractivity contribution in [2.75, 3.05) is 13.1 Å². The van der Waals surface area contributed by atoms with Crippen molar-refractivity contribution in [3.8, 4) is 0 Å². The molecular formula is C8H18N2. The maximum Gasteiger partial charge on any atom is 0.0139 e. The molecule has 0 amide bonds. The highest BCUT2D eigenvalue weighted by atomic mass is 14.9. The van der Waals surface area contributed by atoms with Crippen LogP contribution in [-0.2, 0) is 0 Å². The van der Waals surface area contributed by atoms with Crippen LogP contribution in [-0.4, -0.2) is 13.1 Å². The van der Waals surface area contributed by atoms with Crippen LogP contribution in [0.1, 0.15) is 26.7 Å². The van der Waals surface area contributed by atoms with Gasteiger partial charge in [0.2, 0.25) is 0 Å². The summed E-state index contributed by atoms with van der Waals surface area (Å²) in [7, 11) is 0. The highest BCUT2D eigenvalue weighted by molar-refractivity contribution is 4.75. The highest BCUT2D eigenvalue weighted by Crippen LogP contribution is 1.71. The zero-order valence-corrected chi connectivity index (χ0v) is 6.98. The molecule has 10 heavy (non-hydrogen) atoms. The van der Waals surface area contributed by atoms with Crippen LogP contribution in [0.5, 0.6) is 0 Å². The summed E-state index contributed by atoms with van der Waals surface area (Å²) >= 11 is 0. The zero-order valence-electron chi connectivity index (χ0n) is 6.98. The van der Waals surface area contributed by atoms with Crippen LogP contribution in [0.15, 0.2) is 12.4 Å². The van der Waals surface area contributed by atoms with E-state index in [2.05, 4.69) is 24.5 Å². The van der Waals surface area contributed by atoms with Crippen molar-refractivity contribution in [2.45, 2.75) is 26.7 Å². The van der Waals surface area contributed by atoms with E-state index in [-0.39, 0.29) is 0 Å². The SMILES string of the molecule is CCCN/C=C\NCCC. The quantitative estimate of drug-likeness (QED) is 0.549. The maximum absolute atomic E-state index is 3.15. The van der Waals surface area contributed by atoms with Gasteiger partial charge in [0.1, 0.15) is 0 Å². The van der Waals surface area contributed by atoms with Gasteiger partial charge in [-0.15, -0.1) is 0 Å². The van der Waals surface area contributed by atoms with E-state index >= 15 is 0 Å². The van der Waals surface area contributed by atoms with Gasteiger partial charge >= 0.3 is 0 Å². The summed E-state index contributed by atoms with van der Waals surface area (Å²) in [5.41, 5.74) is 0. The first kappa shape index (κ1) is 9.34. The summed E-state index contributed by atoms with van der Waals surface area (Å²) in [5, 5.41) is 6.30. The molecule has 0 radical (unpaired) electrons. The Kier molecular flexibility index (Phi) is 7.79. The third kappa shape index (κ3) is 7.34. The third-order valence-electron chi connectivity index (χ3n) is 1.11. The lowest BCUT2D eigenvalue weighted by molar-refractivity contribution is 0.777. The fourth-order valence-electron chi connectivity index (χ4n) is 0.573. The van der Waals surface area contributed by atoms with Crippen molar-refractivity contribution in [1.29, 1.82) is 0 Å². The van der Waals surface area contributed by atoms with Crippen LogP contribution in [0, 0.1) is 0 Å². The molecule has 2 N–H and O–H groups in total. The van der Waals surface area contributed by atoms with Crippen LogP contribution in [0.25, 0.3) is 0 Å². The lowest BCUT2D eigenvalue weighted by Crippen LogP contribution is -2.10.